The smallest absolute Gasteiger partial charge is 0.243 e. The van der Waals surface area contributed by atoms with E-state index in [0.29, 0.717) is 38.5 Å². The number of carbonyl (C=O) groups is 2. The van der Waals surface area contributed by atoms with Gasteiger partial charge in [-0.15, -0.1) is 0 Å². The van der Waals surface area contributed by atoms with Crippen LogP contribution in [0.1, 0.15) is 31.4 Å². The molecule has 0 atom stereocenters. The second-order valence-corrected chi connectivity index (χ2v) is 5.88. The highest BCUT2D eigenvalue weighted by Gasteiger charge is 2.05. The van der Waals surface area contributed by atoms with Crippen molar-refractivity contribution in [3.63, 3.8) is 0 Å². The van der Waals surface area contributed by atoms with Gasteiger partial charge in [-0.2, -0.15) is 0 Å². The second kappa shape index (κ2) is 14.2. The van der Waals surface area contributed by atoms with E-state index < -0.39 is 0 Å². The average Bonchev–Trinajstić information content (AvgIpc) is 2.70. The van der Waals surface area contributed by atoms with Gasteiger partial charge in [0.1, 0.15) is 18.6 Å². The molecule has 0 fully saturated rings. The summed E-state index contributed by atoms with van der Waals surface area (Å²) in [6.45, 7) is 8.88. The van der Waals surface area contributed by atoms with Crippen molar-refractivity contribution in [2.75, 3.05) is 26.3 Å². The predicted octanol–water partition coefficient (Wildman–Crippen LogP) is 1.70. The van der Waals surface area contributed by atoms with E-state index in [1.54, 1.807) is 0 Å². The zero-order valence-electron chi connectivity index (χ0n) is 16.0. The average molecular weight is 392 g/mol. The normalized spacial score (nSPS) is 10.1. The Morgan fingerprint density at radius 2 is 1.61 bits per heavy atom. The predicted molar refractivity (Wildman–Crippen MR) is 105 cm³/mol. The lowest BCUT2D eigenvalue weighted by Crippen LogP contribution is -2.22. The van der Waals surface area contributed by atoms with Crippen molar-refractivity contribution in [1.82, 2.24) is 10.6 Å². The van der Waals surface area contributed by atoms with Crippen molar-refractivity contribution in [2.45, 2.75) is 32.3 Å². The van der Waals surface area contributed by atoms with Crippen molar-refractivity contribution < 1.29 is 23.5 Å². The fourth-order valence-corrected chi connectivity index (χ4v) is 2.10. The summed E-state index contributed by atoms with van der Waals surface area (Å²) in [5.74, 6) is 0.171. The van der Waals surface area contributed by atoms with Crippen molar-refractivity contribution >= 4 is 11.8 Å². The van der Waals surface area contributed by atoms with Gasteiger partial charge in [0, 0.05) is 25.8 Å². The van der Waals surface area contributed by atoms with E-state index in [2.05, 4.69) is 23.8 Å². The summed E-state index contributed by atoms with van der Waals surface area (Å²) in [4.78, 5) is 33.9. The molecule has 0 saturated heterocycles. The van der Waals surface area contributed by atoms with Gasteiger partial charge in [-0.25, -0.2) is 0 Å². The summed E-state index contributed by atoms with van der Waals surface area (Å²) in [6, 6.07) is 1.35. The fourth-order valence-electron chi connectivity index (χ4n) is 2.10. The van der Waals surface area contributed by atoms with Crippen LogP contribution in [0, 0.1) is 0 Å². The molecule has 0 spiro atoms. The van der Waals surface area contributed by atoms with Gasteiger partial charge < -0.3 is 24.5 Å². The van der Waals surface area contributed by atoms with Crippen LogP contribution in [0.25, 0.3) is 0 Å². The fraction of sp³-hybridized carbons (Fsp3) is 0.450. The Balaban J connectivity index is 2.17. The first-order valence-corrected chi connectivity index (χ1v) is 9.19. The Morgan fingerprint density at radius 3 is 2.18 bits per heavy atom. The number of hydrogen-bond acceptors (Lipinski definition) is 6. The van der Waals surface area contributed by atoms with E-state index in [-0.39, 0.29) is 29.6 Å². The molecule has 0 bridgehead atoms. The number of ether oxygens (including phenoxy) is 2. The van der Waals surface area contributed by atoms with Gasteiger partial charge in [0.2, 0.25) is 23.0 Å². The molecule has 1 aromatic heterocycles. The number of carbonyl (C=O) groups excluding carboxylic acids is 2. The van der Waals surface area contributed by atoms with Gasteiger partial charge in [-0.3, -0.25) is 14.4 Å². The van der Waals surface area contributed by atoms with Gasteiger partial charge in [0.05, 0.1) is 6.61 Å². The quantitative estimate of drug-likeness (QED) is 0.348. The lowest BCUT2D eigenvalue weighted by Gasteiger charge is -2.07. The van der Waals surface area contributed by atoms with Crippen LogP contribution in [-0.2, 0) is 20.9 Å². The van der Waals surface area contributed by atoms with E-state index in [1.807, 2.05) is 0 Å². The number of rotatable bonds is 15. The van der Waals surface area contributed by atoms with E-state index >= 15 is 0 Å². The maximum atomic E-state index is 12.0. The maximum Gasteiger partial charge on any atom is 0.243 e. The van der Waals surface area contributed by atoms with Gasteiger partial charge in [0.25, 0.3) is 0 Å². The van der Waals surface area contributed by atoms with Crippen LogP contribution in [0.3, 0.4) is 0 Å². The Morgan fingerprint density at radius 1 is 1.00 bits per heavy atom. The van der Waals surface area contributed by atoms with Gasteiger partial charge in [-0.1, -0.05) is 13.2 Å². The zero-order chi connectivity index (χ0) is 20.6. The third-order valence-corrected chi connectivity index (χ3v) is 3.61. The Hall–Kier alpha value is -2.87. The lowest BCUT2D eigenvalue weighted by atomic mass is 10.3. The summed E-state index contributed by atoms with van der Waals surface area (Å²) in [5.41, 5.74) is -0.267. The van der Waals surface area contributed by atoms with E-state index in [1.165, 1.54) is 24.5 Å². The lowest BCUT2D eigenvalue weighted by molar-refractivity contribution is -0.117. The first-order chi connectivity index (χ1) is 13.6. The molecule has 0 aliphatic heterocycles. The SMILES string of the molecule is C=CC(=O)NCCCCOCc1cc(=O)c(OCCCCNC(=O)C=C)co1. The molecule has 8 nitrogen and oxygen atoms in total. The molecule has 0 radical (unpaired) electrons. The van der Waals surface area contributed by atoms with Crippen molar-refractivity contribution in [3.05, 3.63) is 53.6 Å². The third kappa shape index (κ3) is 10.3. The van der Waals surface area contributed by atoms with Crippen molar-refractivity contribution in [3.8, 4) is 5.75 Å². The van der Waals surface area contributed by atoms with Gasteiger partial charge >= 0.3 is 0 Å². The first kappa shape index (κ1) is 23.2. The van der Waals surface area contributed by atoms with Crippen LogP contribution in [0.2, 0.25) is 0 Å². The van der Waals surface area contributed by atoms with Gasteiger partial charge in [0.15, 0.2) is 0 Å². The van der Waals surface area contributed by atoms with E-state index in [4.69, 9.17) is 13.9 Å². The van der Waals surface area contributed by atoms with Crippen LogP contribution >= 0.6 is 0 Å². The van der Waals surface area contributed by atoms with Crippen molar-refractivity contribution in [1.29, 1.82) is 0 Å². The molecule has 0 aliphatic rings. The number of nitrogens with one attached hydrogen (secondary N) is 2. The maximum absolute atomic E-state index is 12.0. The molecule has 0 unspecified atom stereocenters. The first-order valence-electron chi connectivity index (χ1n) is 9.19. The van der Waals surface area contributed by atoms with Gasteiger partial charge in [-0.05, 0) is 37.8 Å². The molecule has 2 N–H and O–H groups in total. The highest BCUT2D eigenvalue weighted by molar-refractivity contribution is 5.87. The molecule has 28 heavy (non-hydrogen) atoms. The number of hydrogen-bond donors (Lipinski definition) is 2. The third-order valence-electron chi connectivity index (χ3n) is 3.61. The molecule has 0 saturated carbocycles. The summed E-state index contributed by atoms with van der Waals surface area (Å²) in [7, 11) is 0. The van der Waals surface area contributed by atoms with E-state index in [9.17, 15) is 14.4 Å². The summed E-state index contributed by atoms with van der Waals surface area (Å²) in [5, 5.41) is 5.35. The zero-order valence-corrected chi connectivity index (χ0v) is 16.0. The van der Waals surface area contributed by atoms with Crippen LogP contribution in [-0.4, -0.2) is 38.1 Å². The Kier molecular flexibility index (Phi) is 11.8. The molecule has 1 heterocycles. The van der Waals surface area contributed by atoms with Crippen LogP contribution in [0.4, 0.5) is 0 Å². The number of amides is 2. The number of unbranched alkanes of at least 4 members (excludes halogenated alkanes) is 2. The molecule has 8 heteroatoms. The topological polar surface area (TPSA) is 107 Å². The minimum absolute atomic E-state index is 0.150. The monoisotopic (exact) mass is 392 g/mol. The molecule has 1 aromatic rings. The second-order valence-electron chi connectivity index (χ2n) is 5.88. The van der Waals surface area contributed by atoms with Crippen LogP contribution in [0.15, 0.2) is 46.9 Å². The van der Waals surface area contributed by atoms with E-state index in [0.717, 1.165) is 19.3 Å². The molecular weight excluding hydrogens is 364 g/mol. The Bertz CT molecular complexity index is 698. The standard InChI is InChI=1S/C20H28N2O6/c1-3-19(24)21-9-5-7-11-26-14-16-13-17(23)18(15-28-16)27-12-8-6-10-22-20(25)4-2/h3-4,13,15H,1-2,5-12,14H2,(H,21,24)(H,22,25). The van der Waals surface area contributed by atoms with Crippen LogP contribution in [0.5, 0.6) is 5.75 Å². The van der Waals surface area contributed by atoms with Crippen LogP contribution < -0.4 is 20.8 Å². The highest BCUT2D eigenvalue weighted by Crippen LogP contribution is 2.08. The Labute approximate surface area is 164 Å². The largest absolute Gasteiger partial charge is 0.487 e. The minimum atomic E-state index is -0.267. The minimum Gasteiger partial charge on any atom is -0.487 e. The molecular formula is C20H28N2O6. The molecule has 2 amide bonds. The molecule has 154 valence electrons. The molecule has 1 rings (SSSR count). The molecule has 0 aromatic carbocycles. The molecule has 0 aliphatic carbocycles. The summed E-state index contributed by atoms with van der Waals surface area (Å²) in [6.07, 6.45) is 6.71. The highest BCUT2D eigenvalue weighted by atomic mass is 16.5. The summed E-state index contributed by atoms with van der Waals surface area (Å²) < 4.78 is 16.2. The van der Waals surface area contributed by atoms with Crippen molar-refractivity contribution in [2.24, 2.45) is 0 Å². The summed E-state index contributed by atoms with van der Waals surface area (Å²) >= 11 is 0.